The van der Waals surface area contributed by atoms with Gasteiger partial charge in [-0.3, -0.25) is 0 Å². The monoisotopic (exact) mass is 271 g/mol. The van der Waals surface area contributed by atoms with Crippen LogP contribution in [-0.2, 0) is 6.54 Å². The minimum Gasteiger partial charge on any atom is -0.454 e. The normalized spacial score (nSPS) is 16.7. The molecule has 1 aliphatic rings. The molecule has 2 unspecified atom stereocenters. The van der Waals surface area contributed by atoms with E-state index >= 15 is 0 Å². The third-order valence-electron chi connectivity index (χ3n) is 3.26. The Morgan fingerprint density at radius 3 is 2.89 bits per heavy atom. The molecule has 1 heterocycles. The second-order valence-corrected chi connectivity index (χ2v) is 5.05. The molecule has 0 spiro atoms. The summed E-state index contributed by atoms with van der Waals surface area (Å²) in [5, 5.41) is 13.0. The number of nitrogens with one attached hydrogen (secondary N) is 1. The maximum atomic E-state index is 9.08. The molecule has 1 aromatic rings. The quantitative estimate of drug-likeness (QED) is 0.862. The lowest BCUT2D eigenvalue weighted by Gasteiger charge is -2.19. The Balaban J connectivity index is 2.00. The first-order chi connectivity index (χ1) is 8.61. The Hall–Kier alpha value is -0.970. The predicted molar refractivity (Wildman–Crippen MR) is 70.1 cm³/mol. The average molecular weight is 272 g/mol. The van der Waals surface area contributed by atoms with Crippen molar-refractivity contribution in [1.29, 1.82) is 0 Å². The van der Waals surface area contributed by atoms with Gasteiger partial charge in [-0.1, -0.05) is 18.5 Å². The summed E-state index contributed by atoms with van der Waals surface area (Å²) in [6.45, 7) is 5.14. The Labute approximate surface area is 112 Å². The van der Waals surface area contributed by atoms with E-state index in [1.54, 1.807) is 0 Å². The molecule has 1 aliphatic heterocycles. The molecule has 0 bridgehead atoms. The Kier molecular flexibility index (Phi) is 4.32. The van der Waals surface area contributed by atoms with Crippen LogP contribution in [0.5, 0.6) is 11.5 Å². The van der Waals surface area contributed by atoms with Crippen molar-refractivity contribution in [2.24, 2.45) is 5.92 Å². The van der Waals surface area contributed by atoms with Gasteiger partial charge < -0.3 is 19.9 Å². The van der Waals surface area contributed by atoms with Crippen molar-refractivity contribution < 1.29 is 14.6 Å². The highest BCUT2D eigenvalue weighted by Gasteiger charge is 2.18. The fourth-order valence-electron chi connectivity index (χ4n) is 1.76. The highest BCUT2D eigenvalue weighted by molar-refractivity contribution is 6.32. The summed E-state index contributed by atoms with van der Waals surface area (Å²) >= 11 is 6.11. The van der Waals surface area contributed by atoms with Crippen LogP contribution in [0.2, 0.25) is 5.02 Å². The third-order valence-corrected chi connectivity index (χ3v) is 3.54. The van der Waals surface area contributed by atoms with Gasteiger partial charge in [-0.05, 0) is 30.5 Å². The molecule has 1 aromatic carbocycles. The molecular formula is C13H18ClNO3. The van der Waals surface area contributed by atoms with E-state index in [9.17, 15) is 0 Å². The molecule has 0 saturated carbocycles. The van der Waals surface area contributed by atoms with E-state index in [0.717, 1.165) is 5.56 Å². The number of hydrogen-bond donors (Lipinski definition) is 2. The zero-order chi connectivity index (χ0) is 13.1. The first-order valence-corrected chi connectivity index (χ1v) is 6.42. The minimum atomic E-state index is 0.177. The second kappa shape index (κ2) is 5.78. The predicted octanol–water partition coefficient (Wildman–Crippen LogP) is 2.18. The topological polar surface area (TPSA) is 50.7 Å². The summed E-state index contributed by atoms with van der Waals surface area (Å²) in [7, 11) is 0. The van der Waals surface area contributed by atoms with Crippen LogP contribution in [0.1, 0.15) is 19.4 Å². The van der Waals surface area contributed by atoms with E-state index in [-0.39, 0.29) is 25.4 Å². The smallest absolute Gasteiger partial charge is 0.231 e. The Morgan fingerprint density at radius 1 is 1.39 bits per heavy atom. The van der Waals surface area contributed by atoms with E-state index in [4.69, 9.17) is 26.2 Å². The molecule has 2 atom stereocenters. The maximum absolute atomic E-state index is 9.08. The van der Waals surface area contributed by atoms with E-state index in [2.05, 4.69) is 12.2 Å². The van der Waals surface area contributed by atoms with Gasteiger partial charge in [0.2, 0.25) is 6.79 Å². The highest BCUT2D eigenvalue weighted by atomic mass is 35.5. The number of fused-ring (bicyclic) bond motifs is 1. The minimum absolute atomic E-state index is 0.177. The molecule has 4 nitrogen and oxygen atoms in total. The molecule has 0 amide bonds. The molecule has 0 fully saturated rings. The lowest BCUT2D eigenvalue weighted by Crippen LogP contribution is -2.33. The number of hydrogen-bond acceptors (Lipinski definition) is 4. The first-order valence-electron chi connectivity index (χ1n) is 6.04. The van der Waals surface area contributed by atoms with Crippen molar-refractivity contribution >= 4 is 11.6 Å². The summed E-state index contributed by atoms with van der Waals surface area (Å²) in [4.78, 5) is 0. The van der Waals surface area contributed by atoms with Crippen LogP contribution in [0.3, 0.4) is 0 Å². The summed E-state index contributed by atoms with van der Waals surface area (Å²) in [6.07, 6.45) is 0. The van der Waals surface area contributed by atoms with Crippen molar-refractivity contribution in [3.05, 3.63) is 22.7 Å². The summed E-state index contributed by atoms with van der Waals surface area (Å²) in [5.74, 6) is 1.54. The zero-order valence-corrected chi connectivity index (χ0v) is 11.3. The van der Waals surface area contributed by atoms with Gasteiger partial charge in [0.25, 0.3) is 0 Å². The molecule has 0 saturated heterocycles. The standard InChI is InChI=1S/C13H18ClNO3/c1-8(6-16)9(2)15-5-10-3-11(14)13-12(4-10)17-7-18-13/h3-4,8-9,15-16H,5-7H2,1-2H3. The number of benzene rings is 1. The van der Waals surface area contributed by atoms with Crippen LogP contribution >= 0.6 is 11.6 Å². The summed E-state index contributed by atoms with van der Waals surface area (Å²) < 4.78 is 10.6. The molecule has 5 heteroatoms. The molecular weight excluding hydrogens is 254 g/mol. The van der Waals surface area contributed by atoms with Gasteiger partial charge in [0.1, 0.15) is 0 Å². The zero-order valence-electron chi connectivity index (χ0n) is 10.6. The Morgan fingerprint density at radius 2 is 2.17 bits per heavy atom. The molecule has 2 rings (SSSR count). The number of aliphatic hydroxyl groups excluding tert-OH is 1. The highest BCUT2D eigenvalue weighted by Crippen LogP contribution is 2.39. The van der Waals surface area contributed by atoms with Gasteiger partial charge in [0.05, 0.1) is 5.02 Å². The van der Waals surface area contributed by atoms with Gasteiger partial charge >= 0.3 is 0 Å². The van der Waals surface area contributed by atoms with Crippen molar-refractivity contribution in [3.8, 4) is 11.5 Å². The maximum Gasteiger partial charge on any atom is 0.231 e. The molecule has 18 heavy (non-hydrogen) atoms. The van der Waals surface area contributed by atoms with E-state index in [1.807, 2.05) is 19.1 Å². The largest absolute Gasteiger partial charge is 0.454 e. The molecule has 0 radical (unpaired) electrons. The number of ether oxygens (including phenoxy) is 2. The van der Waals surface area contributed by atoms with Crippen LogP contribution < -0.4 is 14.8 Å². The molecule has 100 valence electrons. The number of rotatable bonds is 5. The molecule has 0 aliphatic carbocycles. The summed E-state index contributed by atoms with van der Waals surface area (Å²) in [6, 6.07) is 4.04. The molecule has 2 N–H and O–H groups in total. The number of halogens is 1. The first kappa shape index (κ1) is 13.5. The third kappa shape index (κ3) is 2.88. The van der Waals surface area contributed by atoms with Gasteiger partial charge in [0, 0.05) is 19.2 Å². The van der Waals surface area contributed by atoms with Crippen LogP contribution in [0.15, 0.2) is 12.1 Å². The lowest BCUT2D eigenvalue weighted by atomic mass is 10.0. The van der Waals surface area contributed by atoms with Crippen LogP contribution in [0.25, 0.3) is 0 Å². The van der Waals surface area contributed by atoms with Gasteiger partial charge in [0.15, 0.2) is 11.5 Å². The number of aliphatic hydroxyl groups is 1. The second-order valence-electron chi connectivity index (χ2n) is 4.64. The van der Waals surface area contributed by atoms with Gasteiger partial charge in [-0.25, -0.2) is 0 Å². The van der Waals surface area contributed by atoms with Gasteiger partial charge in [-0.2, -0.15) is 0 Å². The van der Waals surface area contributed by atoms with Crippen molar-refractivity contribution in [2.75, 3.05) is 13.4 Å². The van der Waals surface area contributed by atoms with Crippen LogP contribution in [0.4, 0.5) is 0 Å². The summed E-state index contributed by atoms with van der Waals surface area (Å²) in [5.41, 5.74) is 1.04. The van der Waals surface area contributed by atoms with Crippen molar-refractivity contribution in [2.45, 2.75) is 26.4 Å². The van der Waals surface area contributed by atoms with Crippen molar-refractivity contribution in [1.82, 2.24) is 5.32 Å². The fraction of sp³-hybridized carbons (Fsp3) is 0.538. The van der Waals surface area contributed by atoms with E-state index in [0.29, 0.717) is 23.1 Å². The van der Waals surface area contributed by atoms with Gasteiger partial charge in [-0.15, -0.1) is 0 Å². The molecule has 0 aromatic heterocycles. The van der Waals surface area contributed by atoms with E-state index < -0.39 is 0 Å². The average Bonchev–Trinajstić information content (AvgIpc) is 2.83. The van der Waals surface area contributed by atoms with Crippen molar-refractivity contribution in [3.63, 3.8) is 0 Å². The fourth-order valence-corrected chi connectivity index (χ4v) is 2.05. The SMILES string of the molecule is CC(CO)C(C)NCc1cc(Cl)c2c(c1)OCO2. The van der Waals surface area contributed by atoms with Crippen LogP contribution in [-0.4, -0.2) is 24.5 Å². The lowest BCUT2D eigenvalue weighted by molar-refractivity contribution is 0.174. The Bertz CT molecular complexity index is 425. The van der Waals surface area contributed by atoms with E-state index in [1.165, 1.54) is 0 Å². The van der Waals surface area contributed by atoms with Crippen LogP contribution in [0, 0.1) is 5.92 Å².